The van der Waals surface area contributed by atoms with Gasteiger partial charge in [0.15, 0.2) is 11.4 Å². The van der Waals surface area contributed by atoms with E-state index >= 15 is 0 Å². The average molecular weight is 883 g/mol. The SMILES string of the molecule is CN(C)CC1CCC(n2cc(NC(=O)c3coc(-c4ccnc(CCC5CC5)c4)n3)c(C(F)F)n2)CC1.CN1C(=O)CCC(n2c(=O)n(C)c3c(CN4CCCCC4)cccc32)C1=O. The first-order chi connectivity index (χ1) is 30.8. The minimum Gasteiger partial charge on any atom is -0.444 e. The Balaban J connectivity index is 0.000000184. The summed E-state index contributed by atoms with van der Waals surface area (Å²) in [5.41, 5.74) is 3.86. The van der Waals surface area contributed by atoms with Gasteiger partial charge in [-0.1, -0.05) is 31.4 Å². The number of rotatable bonds is 13. The van der Waals surface area contributed by atoms with Crippen LogP contribution >= 0.6 is 0 Å². The number of para-hydroxylation sites is 1. The van der Waals surface area contributed by atoms with Crippen LogP contribution in [-0.4, -0.2) is 102 Å². The minimum atomic E-state index is -2.81. The minimum absolute atomic E-state index is 0.00578. The number of aromatic nitrogens is 6. The molecular weight excluding hydrogens is 823 g/mol. The number of alkyl halides is 2. The summed E-state index contributed by atoms with van der Waals surface area (Å²) in [5.74, 6) is 0.598. The van der Waals surface area contributed by atoms with Gasteiger partial charge in [-0.15, -0.1) is 0 Å². The Kier molecular flexibility index (Phi) is 13.8. The van der Waals surface area contributed by atoms with Crippen LogP contribution in [0.4, 0.5) is 14.5 Å². The monoisotopic (exact) mass is 882 g/mol. The van der Waals surface area contributed by atoms with E-state index in [0.717, 1.165) is 103 Å². The van der Waals surface area contributed by atoms with Gasteiger partial charge in [0.2, 0.25) is 11.8 Å². The Morgan fingerprint density at radius 3 is 2.44 bits per heavy atom. The van der Waals surface area contributed by atoms with E-state index in [0.29, 0.717) is 18.2 Å². The zero-order chi connectivity index (χ0) is 45.1. The van der Waals surface area contributed by atoms with Crippen molar-refractivity contribution in [3.05, 3.63) is 82.1 Å². The number of benzene rings is 1. The van der Waals surface area contributed by atoms with Gasteiger partial charge in [0.05, 0.1) is 22.8 Å². The van der Waals surface area contributed by atoms with Crippen LogP contribution in [0.3, 0.4) is 0 Å². The van der Waals surface area contributed by atoms with Crippen LogP contribution in [0.5, 0.6) is 0 Å². The average Bonchev–Trinajstić information content (AvgIpc) is 3.69. The van der Waals surface area contributed by atoms with Crippen molar-refractivity contribution in [3.8, 4) is 11.5 Å². The lowest BCUT2D eigenvalue weighted by Gasteiger charge is -2.30. The van der Waals surface area contributed by atoms with Crippen LogP contribution in [0.25, 0.3) is 22.5 Å². The van der Waals surface area contributed by atoms with Gasteiger partial charge in [0, 0.05) is 57.3 Å². The lowest BCUT2D eigenvalue weighted by molar-refractivity contribution is -0.149. The summed E-state index contributed by atoms with van der Waals surface area (Å²) >= 11 is 0. The van der Waals surface area contributed by atoms with Crippen molar-refractivity contribution in [2.45, 2.75) is 109 Å². The summed E-state index contributed by atoms with van der Waals surface area (Å²) in [6, 6.07) is 9.05. The van der Waals surface area contributed by atoms with Crippen LogP contribution in [0.2, 0.25) is 0 Å². The number of likely N-dealkylation sites (N-methyl/N-ethyl adjacent to an activating group) is 1. The number of imidazole rings is 1. The molecule has 4 aliphatic rings. The number of carbonyl (C=O) groups excluding carboxylic acids is 3. The molecule has 6 heterocycles. The molecule has 0 bridgehead atoms. The van der Waals surface area contributed by atoms with Crippen molar-refractivity contribution in [2.24, 2.45) is 18.9 Å². The van der Waals surface area contributed by atoms with Gasteiger partial charge < -0.3 is 14.6 Å². The van der Waals surface area contributed by atoms with Crippen molar-refractivity contribution in [1.82, 2.24) is 43.6 Å². The topological polar surface area (TPSA) is 157 Å². The number of amides is 3. The van der Waals surface area contributed by atoms with E-state index in [2.05, 4.69) is 50.3 Å². The largest absolute Gasteiger partial charge is 0.444 e. The number of imide groups is 1. The number of nitrogens with zero attached hydrogens (tertiary/aromatic N) is 9. The molecule has 3 amide bonds. The molecule has 2 saturated carbocycles. The molecule has 4 aromatic heterocycles. The maximum absolute atomic E-state index is 13.8. The normalized spacial score (nSPS) is 20.9. The molecule has 15 nitrogen and oxygen atoms in total. The maximum Gasteiger partial charge on any atom is 0.329 e. The van der Waals surface area contributed by atoms with Crippen molar-refractivity contribution >= 4 is 34.4 Å². The number of oxazole rings is 1. The Hall–Kier alpha value is -5.55. The van der Waals surface area contributed by atoms with Crippen molar-refractivity contribution in [2.75, 3.05) is 46.1 Å². The third-order valence-corrected chi connectivity index (χ3v) is 13.3. The number of piperidine rings is 2. The molecule has 5 aromatic rings. The fourth-order valence-corrected chi connectivity index (χ4v) is 9.61. The summed E-state index contributed by atoms with van der Waals surface area (Å²) in [6.45, 7) is 4.00. The number of pyridine rings is 1. The number of halogens is 2. The second kappa shape index (κ2) is 19.7. The van der Waals surface area contributed by atoms with Gasteiger partial charge in [-0.05, 0) is 121 Å². The van der Waals surface area contributed by atoms with Crippen molar-refractivity contribution < 1.29 is 27.6 Å². The fraction of sp³-hybridized carbons (Fsp3) is 0.553. The third-order valence-electron chi connectivity index (χ3n) is 13.3. The first-order valence-corrected chi connectivity index (χ1v) is 22.8. The van der Waals surface area contributed by atoms with E-state index in [4.69, 9.17) is 4.42 Å². The van der Waals surface area contributed by atoms with Gasteiger partial charge in [-0.3, -0.25) is 43.0 Å². The third kappa shape index (κ3) is 10.2. The number of nitrogens with one attached hydrogen (secondary N) is 1. The summed E-state index contributed by atoms with van der Waals surface area (Å²) in [4.78, 5) is 64.9. The number of hydrogen-bond donors (Lipinski definition) is 1. The van der Waals surface area contributed by atoms with E-state index in [9.17, 15) is 28.0 Å². The summed E-state index contributed by atoms with van der Waals surface area (Å²) in [5, 5.41) is 6.73. The predicted molar refractivity (Wildman–Crippen MR) is 238 cm³/mol. The first kappa shape index (κ1) is 45.0. The second-order valence-corrected chi connectivity index (χ2v) is 18.3. The Morgan fingerprint density at radius 1 is 0.969 bits per heavy atom. The summed E-state index contributed by atoms with van der Waals surface area (Å²) in [6.07, 6.45) is 14.4. The zero-order valence-corrected chi connectivity index (χ0v) is 37.3. The molecule has 64 heavy (non-hydrogen) atoms. The molecule has 1 aromatic carbocycles. The molecule has 0 spiro atoms. The highest BCUT2D eigenvalue weighted by Crippen LogP contribution is 2.36. The standard InChI is InChI=1S/C27H34F2N6O2.C20H26N4O3/c1-34(2)14-18-6-9-21(10-7-18)35-15-22(24(33-35)25(28)29)31-26(36)23-16-37-27(32-23)19-11-12-30-20(13-19)8-5-17-3-4-17;1-21-17(25)10-9-16(19(21)26)24-15-8-6-7-14(18(15)22(2)20(24)27)13-23-11-4-3-5-12-23/h11-13,15-18,21,25H,3-10,14H2,1-2H3,(H,31,36);6-8,16H,3-5,9-13H2,1-2H3. The number of fused-ring (bicyclic) bond motifs is 1. The maximum atomic E-state index is 13.8. The first-order valence-electron chi connectivity index (χ1n) is 22.8. The Bertz CT molecular complexity index is 2510. The number of aryl methyl sites for hydroxylation is 2. The molecule has 0 radical (unpaired) electrons. The van der Waals surface area contributed by atoms with Gasteiger partial charge in [-0.2, -0.15) is 5.10 Å². The number of likely N-dealkylation sites (tertiary alicyclic amines) is 2. The van der Waals surface area contributed by atoms with Crippen molar-refractivity contribution in [3.63, 3.8) is 0 Å². The van der Waals surface area contributed by atoms with Crippen LogP contribution in [-0.2, 0) is 29.6 Å². The predicted octanol–water partition coefficient (Wildman–Crippen LogP) is 7.40. The quantitative estimate of drug-likeness (QED) is 0.118. The lowest BCUT2D eigenvalue weighted by atomic mass is 9.86. The summed E-state index contributed by atoms with van der Waals surface area (Å²) in [7, 11) is 7.38. The molecule has 1 N–H and O–H groups in total. The van der Waals surface area contributed by atoms with Gasteiger partial charge in [-0.25, -0.2) is 18.6 Å². The molecule has 2 aliphatic carbocycles. The van der Waals surface area contributed by atoms with Crippen LogP contribution < -0.4 is 11.0 Å². The molecule has 4 fully saturated rings. The fourth-order valence-electron chi connectivity index (χ4n) is 9.61. The van der Waals surface area contributed by atoms with E-state index < -0.39 is 24.1 Å². The highest BCUT2D eigenvalue weighted by molar-refractivity contribution is 6.03. The Labute approximate surface area is 371 Å². The van der Waals surface area contributed by atoms with Crippen LogP contribution in [0.1, 0.15) is 123 Å². The van der Waals surface area contributed by atoms with Crippen molar-refractivity contribution in [1.29, 1.82) is 0 Å². The van der Waals surface area contributed by atoms with E-state index in [-0.39, 0.29) is 41.3 Å². The molecule has 2 aliphatic heterocycles. The molecule has 342 valence electrons. The van der Waals surface area contributed by atoms with Crippen LogP contribution in [0, 0.1) is 11.8 Å². The van der Waals surface area contributed by atoms with E-state index in [1.807, 2.05) is 18.2 Å². The van der Waals surface area contributed by atoms with Gasteiger partial charge in [0.1, 0.15) is 12.3 Å². The summed E-state index contributed by atoms with van der Waals surface area (Å²) < 4.78 is 37.9. The van der Waals surface area contributed by atoms with Gasteiger partial charge in [0.25, 0.3) is 18.2 Å². The second-order valence-electron chi connectivity index (χ2n) is 18.3. The molecular formula is C47H60F2N10O5. The molecule has 2 saturated heterocycles. The molecule has 1 atom stereocenters. The van der Waals surface area contributed by atoms with E-state index in [1.54, 1.807) is 33.1 Å². The number of carbonyl (C=O) groups is 3. The molecule has 9 rings (SSSR count). The number of anilines is 1. The smallest absolute Gasteiger partial charge is 0.329 e. The highest BCUT2D eigenvalue weighted by Gasteiger charge is 2.36. The van der Waals surface area contributed by atoms with Crippen LogP contribution in [0.15, 0.2) is 58.2 Å². The van der Waals surface area contributed by atoms with E-state index in [1.165, 1.54) is 51.6 Å². The lowest BCUT2D eigenvalue weighted by Crippen LogP contribution is -2.45. The molecule has 1 unspecified atom stereocenters. The van der Waals surface area contributed by atoms with Gasteiger partial charge >= 0.3 is 5.69 Å². The molecule has 17 heteroatoms. The number of hydrogen-bond acceptors (Lipinski definition) is 10. The highest BCUT2D eigenvalue weighted by atomic mass is 19.3. The zero-order valence-electron chi connectivity index (χ0n) is 37.3. The Morgan fingerprint density at radius 2 is 1.72 bits per heavy atom.